The highest BCUT2D eigenvalue weighted by molar-refractivity contribution is 7.71. The van der Waals surface area contributed by atoms with E-state index < -0.39 is 0 Å². The highest BCUT2D eigenvalue weighted by atomic mass is 32.1. The van der Waals surface area contributed by atoms with Gasteiger partial charge >= 0.3 is 0 Å². The minimum absolute atomic E-state index is 0.304. The molecule has 1 aromatic carbocycles. The van der Waals surface area contributed by atoms with Gasteiger partial charge in [-0.15, -0.1) is 16.4 Å². The number of ether oxygens (including phenoxy) is 2. The monoisotopic (exact) mass is 404 g/mol. The van der Waals surface area contributed by atoms with E-state index in [-0.39, 0.29) is 0 Å². The lowest BCUT2D eigenvalue weighted by Crippen LogP contribution is -3.09. The maximum absolute atomic E-state index is 5.71. The fourth-order valence-corrected chi connectivity index (χ4v) is 4.51. The van der Waals surface area contributed by atoms with Crippen LogP contribution in [0.25, 0.3) is 10.8 Å². The van der Waals surface area contributed by atoms with Crippen molar-refractivity contribution in [1.82, 2.24) is 9.78 Å². The number of nitrogens with one attached hydrogen (secondary N) is 1. The Morgan fingerprint density at radius 2 is 2.22 bits per heavy atom. The Balaban J connectivity index is 1.61. The summed E-state index contributed by atoms with van der Waals surface area (Å²) in [5.41, 5.74) is 1.16. The molecule has 6 nitrogen and oxygen atoms in total. The molecule has 2 atom stereocenters. The van der Waals surface area contributed by atoms with E-state index in [9.17, 15) is 0 Å². The molecule has 1 aliphatic heterocycles. The van der Waals surface area contributed by atoms with Gasteiger partial charge in [-0.05, 0) is 41.9 Å². The molecule has 142 valence electrons. The molecule has 1 fully saturated rings. The zero-order chi connectivity index (χ0) is 18.8. The van der Waals surface area contributed by atoms with Crippen LogP contribution in [-0.2, 0) is 6.67 Å². The summed E-state index contributed by atoms with van der Waals surface area (Å²) in [6.45, 7) is 1.72. The first-order valence-corrected chi connectivity index (χ1v) is 10.2. The average molecular weight is 405 g/mol. The molecule has 2 aromatic heterocycles. The SMILES string of the molecule is COc1ccc(OC)c([C@@H]2CCC[NH+]2Cn2nc(-c3cccs3)oc2=S)c1. The lowest BCUT2D eigenvalue weighted by atomic mass is 10.0. The van der Waals surface area contributed by atoms with Crippen LogP contribution in [0.4, 0.5) is 0 Å². The number of quaternary nitrogens is 1. The van der Waals surface area contributed by atoms with Gasteiger partial charge in [-0.1, -0.05) is 6.07 Å². The molecule has 0 radical (unpaired) electrons. The number of nitrogens with zero attached hydrogens (tertiary/aromatic N) is 2. The molecule has 0 saturated carbocycles. The third-order valence-electron chi connectivity index (χ3n) is 4.99. The number of methoxy groups -OCH3 is 2. The van der Waals surface area contributed by atoms with Crippen LogP contribution in [0, 0.1) is 4.84 Å². The van der Waals surface area contributed by atoms with Gasteiger partial charge in [0, 0.05) is 12.8 Å². The Morgan fingerprint density at radius 1 is 1.33 bits per heavy atom. The smallest absolute Gasteiger partial charge is 0.292 e. The molecule has 3 aromatic rings. The van der Waals surface area contributed by atoms with Crippen LogP contribution < -0.4 is 14.4 Å². The Morgan fingerprint density at radius 3 is 2.96 bits per heavy atom. The summed E-state index contributed by atoms with van der Waals surface area (Å²) in [4.78, 5) is 2.79. The Kier molecular flexibility index (Phi) is 5.29. The molecule has 4 rings (SSSR count). The zero-order valence-corrected chi connectivity index (χ0v) is 16.9. The van der Waals surface area contributed by atoms with Crippen LogP contribution in [0.15, 0.2) is 40.1 Å². The molecule has 3 heterocycles. The van der Waals surface area contributed by atoms with Gasteiger partial charge in [-0.25, -0.2) is 0 Å². The second-order valence-electron chi connectivity index (χ2n) is 6.52. The van der Waals surface area contributed by atoms with E-state index >= 15 is 0 Å². The number of hydrogen-bond acceptors (Lipinski definition) is 6. The van der Waals surface area contributed by atoms with Gasteiger partial charge in [-0.2, -0.15) is 4.68 Å². The van der Waals surface area contributed by atoms with Crippen molar-refractivity contribution in [2.45, 2.75) is 25.6 Å². The largest absolute Gasteiger partial charge is 0.497 e. The number of likely N-dealkylation sites (tertiary alicyclic amines) is 1. The number of thiophene rings is 1. The summed E-state index contributed by atoms with van der Waals surface area (Å²) in [5, 5.41) is 6.60. The van der Waals surface area contributed by atoms with E-state index in [1.807, 2.05) is 29.6 Å². The van der Waals surface area contributed by atoms with Crippen LogP contribution in [0.3, 0.4) is 0 Å². The molecule has 27 heavy (non-hydrogen) atoms. The van der Waals surface area contributed by atoms with Crippen LogP contribution in [-0.4, -0.2) is 30.5 Å². The van der Waals surface area contributed by atoms with Crippen molar-refractivity contribution < 1.29 is 18.8 Å². The van der Waals surface area contributed by atoms with E-state index in [1.54, 1.807) is 30.2 Å². The van der Waals surface area contributed by atoms with Gasteiger partial charge in [0.05, 0.1) is 31.2 Å². The van der Waals surface area contributed by atoms with Gasteiger partial charge in [-0.3, -0.25) is 0 Å². The van der Waals surface area contributed by atoms with Crippen molar-refractivity contribution >= 4 is 23.6 Å². The fraction of sp³-hybridized carbons (Fsp3) is 0.368. The second-order valence-corrected chi connectivity index (χ2v) is 7.82. The maximum atomic E-state index is 5.71. The zero-order valence-electron chi connectivity index (χ0n) is 15.3. The first-order valence-electron chi connectivity index (χ1n) is 8.88. The maximum Gasteiger partial charge on any atom is 0.292 e. The molecular formula is C19H22N3O3S2+. The van der Waals surface area contributed by atoms with E-state index in [0.29, 0.717) is 23.4 Å². The molecular weight excluding hydrogens is 382 g/mol. The van der Waals surface area contributed by atoms with E-state index in [2.05, 4.69) is 11.2 Å². The third-order valence-corrected chi connectivity index (χ3v) is 6.14. The van der Waals surface area contributed by atoms with Crippen molar-refractivity contribution in [3.63, 3.8) is 0 Å². The highest BCUT2D eigenvalue weighted by Crippen LogP contribution is 2.32. The molecule has 0 spiro atoms. The molecule has 1 unspecified atom stereocenters. The van der Waals surface area contributed by atoms with Crippen LogP contribution in [0.5, 0.6) is 11.5 Å². The molecule has 1 N–H and O–H groups in total. The predicted molar refractivity (Wildman–Crippen MR) is 106 cm³/mol. The van der Waals surface area contributed by atoms with Gasteiger partial charge in [0.1, 0.15) is 17.5 Å². The number of aromatic nitrogens is 2. The summed E-state index contributed by atoms with van der Waals surface area (Å²) in [7, 11) is 3.40. The molecule has 8 heteroatoms. The summed E-state index contributed by atoms with van der Waals surface area (Å²) in [6, 6.07) is 10.3. The lowest BCUT2D eigenvalue weighted by Gasteiger charge is -2.23. The Hall–Kier alpha value is -2.16. The molecule has 1 aliphatic rings. The van der Waals surface area contributed by atoms with Crippen molar-refractivity contribution in [1.29, 1.82) is 0 Å². The van der Waals surface area contributed by atoms with Crippen molar-refractivity contribution in [2.75, 3.05) is 20.8 Å². The van der Waals surface area contributed by atoms with Crippen molar-refractivity contribution in [3.05, 3.63) is 46.1 Å². The fourth-order valence-electron chi connectivity index (χ4n) is 3.69. The Bertz CT molecular complexity index is 965. The molecule has 0 amide bonds. The molecule has 0 bridgehead atoms. The minimum atomic E-state index is 0.304. The normalized spacial score (nSPS) is 19.3. The quantitative estimate of drug-likeness (QED) is 0.639. The molecule has 1 saturated heterocycles. The van der Waals surface area contributed by atoms with Gasteiger partial charge in [0.2, 0.25) is 0 Å². The number of rotatable bonds is 6. The summed E-state index contributed by atoms with van der Waals surface area (Å²) < 4.78 is 18.5. The van der Waals surface area contributed by atoms with Gasteiger partial charge in [0.15, 0.2) is 6.67 Å². The van der Waals surface area contributed by atoms with Gasteiger partial charge < -0.3 is 18.8 Å². The van der Waals surface area contributed by atoms with E-state index in [0.717, 1.165) is 41.3 Å². The minimum Gasteiger partial charge on any atom is -0.497 e. The first-order chi connectivity index (χ1) is 13.2. The Labute approximate surface area is 166 Å². The van der Waals surface area contributed by atoms with Crippen LogP contribution >= 0.6 is 23.6 Å². The van der Waals surface area contributed by atoms with E-state index in [1.165, 1.54) is 4.90 Å². The standard InChI is InChI=1S/C19H21N3O3S2/c1-23-13-7-8-16(24-2)14(11-13)15-5-3-9-21(15)12-22-19(26)25-18(20-22)17-6-4-10-27-17/h4,6-8,10-11,15H,3,5,9,12H2,1-2H3/p+1/t15-/m0/s1. The molecule has 0 aliphatic carbocycles. The summed E-state index contributed by atoms with van der Waals surface area (Å²) in [5.74, 6) is 2.32. The summed E-state index contributed by atoms with van der Waals surface area (Å²) in [6.07, 6.45) is 2.23. The topological polar surface area (TPSA) is 53.9 Å². The van der Waals surface area contributed by atoms with Gasteiger partial charge in [0.25, 0.3) is 10.7 Å². The second kappa shape index (κ2) is 7.84. The first kappa shape index (κ1) is 18.2. The number of hydrogen-bond donors (Lipinski definition) is 1. The predicted octanol–water partition coefficient (Wildman–Crippen LogP) is 3.33. The lowest BCUT2D eigenvalue weighted by molar-refractivity contribution is -0.941. The van der Waals surface area contributed by atoms with Crippen molar-refractivity contribution in [3.8, 4) is 22.3 Å². The summed E-state index contributed by atoms with van der Waals surface area (Å²) >= 11 is 7.00. The van der Waals surface area contributed by atoms with Crippen LogP contribution in [0.1, 0.15) is 24.4 Å². The van der Waals surface area contributed by atoms with Crippen molar-refractivity contribution in [2.24, 2.45) is 0 Å². The average Bonchev–Trinajstić information content (AvgIpc) is 3.43. The highest BCUT2D eigenvalue weighted by Gasteiger charge is 2.33. The third kappa shape index (κ3) is 3.65. The van der Waals surface area contributed by atoms with E-state index in [4.69, 9.17) is 26.1 Å². The van der Waals surface area contributed by atoms with Crippen LogP contribution in [0.2, 0.25) is 0 Å². The number of benzene rings is 1.